The molecule has 0 fully saturated rings. The lowest BCUT2D eigenvalue weighted by atomic mass is 10.1. The third-order valence-corrected chi connectivity index (χ3v) is 2.09. The second-order valence-electron chi connectivity index (χ2n) is 2.39. The van der Waals surface area contributed by atoms with Crippen LogP contribution in [0.1, 0.15) is 5.56 Å². The van der Waals surface area contributed by atoms with Gasteiger partial charge < -0.3 is 11.1 Å². The van der Waals surface area contributed by atoms with Gasteiger partial charge in [-0.25, -0.2) is 0 Å². The average Bonchev–Trinajstić information content (AvgIpc) is 1.99. The Balaban J connectivity index is 3.29. The van der Waals surface area contributed by atoms with Gasteiger partial charge >= 0.3 is 0 Å². The molecule has 0 saturated carbocycles. The fourth-order valence-electron chi connectivity index (χ4n) is 1.04. The molecule has 2 nitrogen and oxygen atoms in total. The predicted octanol–water partition coefficient (Wildman–Crippen LogP) is 2.27. The Hall–Kier alpha value is -0.890. The van der Waals surface area contributed by atoms with Gasteiger partial charge in [-0.2, -0.15) is 0 Å². The van der Waals surface area contributed by atoms with Gasteiger partial charge in [0.2, 0.25) is 0 Å². The first kappa shape index (κ1) is 8.21. The normalized spacial score (nSPS) is 9.73. The Bertz CT molecular complexity index is 271. The maximum absolute atomic E-state index is 5.87. The van der Waals surface area contributed by atoms with Gasteiger partial charge in [-0.1, -0.05) is 11.6 Å². The summed E-state index contributed by atoms with van der Waals surface area (Å²) in [6, 6.07) is 3.59. The number of nitrogen functional groups attached to an aromatic ring is 1. The van der Waals surface area contributed by atoms with E-state index < -0.39 is 0 Å². The lowest BCUT2D eigenvalue weighted by Gasteiger charge is -2.09. The molecule has 0 saturated heterocycles. The highest BCUT2D eigenvalue weighted by atomic mass is 35.5. The summed E-state index contributed by atoms with van der Waals surface area (Å²) in [6.07, 6.45) is 0. The Labute approximate surface area is 71.4 Å². The summed E-state index contributed by atoms with van der Waals surface area (Å²) < 4.78 is 0. The van der Waals surface area contributed by atoms with Crippen molar-refractivity contribution in [3.8, 4) is 0 Å². The molecule has 1 aromatic carbocycles. The van der Waals surface area contributed by atoms with Crippen LogP contribution in [0.2, 0.25) is 5.02 Å². The number of benzene rings is 1. The van der Waals surface area contributed by atoms with E-state index in [9.17, 15) is 0 Å². The van der Waals surface area contributed by atoms with Crippen molar-refractivity contribution >= 4 is 23.0 Å². The molecular formula is C8H11ClN2. The van der Waals surface area contributed by atoms with Crippen LogP contribution in [0.3, 0.4) is 0 Å². The molecule has 0 atom stereocenters. The van der Waals surface area contributed by atoms with Crippen molar-refractivity contribution in [1.29, 1.82) is 0 Å². The molecule has 0 spiro atoms. The smallest absolute Gasteiger partial charge is 0.0615 e. The molecule has 1 aromatic rings. The molecule has 0 bridgehead atoms. The van der Waals surface area contributed by atoms with E-state index in [-0.39, 0.29) is 0 Å². The van der Waals surface area contributed by atoms with Crippen molar-refractivity contribution in [3.05, 3.63) is 22.7 Å². The highest BCUT2D eigenvalue weighted by molar-refractivity contribution is 6.31. The molecule has 0 aliphatic rings. The lowest BCUT2D eigenvalue weighted by Crippen LogP contribution is -1.98. The van der Waals surface area contributed by atoms with Gasteiger partial charge in [0.15, 0.2) is 0 Å². The van der Waals surface area contributed by atoms with E-state index in [1.54, 1.807) is 12.1 Å². The molecule has 0 aliphatic heterocycles. The van der Waals surface area contributed by atoms with Gasteiger partial charge in [0.25, 0.3) is 0 Å². The van der Waals surface area contributed by atoms with Gasteiger partial charge in [0, 0.05) is 12.1 Å². The van der Waals surface area contributed by atoms with E-state index >= 15 is 0 Å². The van der Waals surface area contributed by atoms with Crippen LogP contribution < -0.4 is 11.1 Å². The van der Waals surface area contributed by atoms with Crippen LogP contribution in [0.25, 0.3) is 0 Å². The highest BCUT2D eigenvalue weighted by Crippen LogP contribution is 2.28. The van der Waals surface area contributed by atoms with Gasteiger partial charge in [-0.05, 0) is 24.6 Å². The average molecular weight is 171 g/mol. The molecule has 0 amide bonds. The zero-order valence-electron chi connectivity index (χ0n) is 6.61. The second kappa shape index (κ2) is 3.01. The van der Waals surface area contributed by atoms with E-state index in [0.717, 1.165) is 22.0 Å². The van der Waals surface area contributed by atoms with Gasteiger partial charge in [-0.3, -0.25) is 0 Å². The van der Waals surface area contributed by atoms with Gasteiger partial charge in [0.05, 0.1) is 11.4 Å². The van der Waals surface area contributed by atoms with Crippen LogP contribution in [0, 0.1) is 6.92 Å². The highest BCUT2D eigenvalue weighted by Gasteiger charge is 2.03. The van der Waals surface area contributed by atoms with Gasteiger partial charge in [-0.15, -0.1) is 0 Å². The Kier molecular flexibility index (Phi) is 2.25. The fourth-order valence-corrected chi connectivity index (χ4v) is 1.20. The van der Waals surface area contributed by atoms with Crippen LogP contribution in [-0.2, 0) is 0 Å². The predicted molar refractivity (Wildman–Crippen MR) is 50.1 cm³/mol. The van der Waals surface area contributed by atoms with E-state index in [1.807, 2.05) is 14.0 Å². The molecule has 0 radical (unpaired) electrons. The van der Waals surface area contributed by atoms with E-state index in [2.05, 4.69) is 5.32 Å². The molecule has 0 heterocycles. The zero-order valence-corrected chi connectivity index (χ0v) is 7.37. The number of hydrogen-bond donors (Lipinski definition) is 2. The minimum absolute atomic E-state index is 0.731. The standard InChI is InChI=1S/C8H11ClN2/c1-5-6(9)3-4-7(10)8(5)11-2/h3-4,11H,10H2,1-2H3. The fraction of sp³-hybridized carbons (Fsp3) is 0.250. The quantitative estimate of drug-likeness (QED) is 0.635. The first-order chi connectivity index (χ1) is 5.16. The van der Waals surface area contributed by atoms with Crippen molar-refractivity contribution in [1.82, 2.24) is 0 Å². The summed E-state index contributed by atoms with van der Waals surface area (Å²) in [5.41, 5.74) is 8.32. The van der Waals surface area contributed by atoms with Crippen LogP contribution in [0.4, 0.5) is 11.4 Å². The summed E-state index contributed by atoms with van der Waals surface area (Å²) >= 11 is 5.87. The number of rotatable bonds is 1. The number of anilines is 2. The number of nitrogens with two attached hydrogens (primary N) is 1. The van der Waals surface area contributed by atoms with Crippen molar-refractivity contribution < 1.29 is 0 Å². The van der Waals surface area contributed by atoms with E-state index in [1.165, 1.54) is 0 Å². The number of nitrogens with one attached hydrogen (secondary N) is 1. The summed E-state index contributed by atoms with van der Waals surface area (Å²) in [7, 11) is 1.83. The summed E-state index contributed by atoms with van der Waals surface area (Å²) in [5.74, 6) is 0. The maximum atomic E-state index is 5.87. The van der Waals surface area contributed by atoms with Crippen LogP contribution >= 0.6 is 11.6 Å². The van der Waals surface area contributed by atoms with Crippen molar-refractivity contribution in [2.75, 3.05) is 18.1 Å². The number of hydrogen-bond acceptors (Lipinski definition) is 2. The Morgan fingerprint density at radius 1 is 1.45 bits per heavy atom. The molecule has 1 rings (SSSR count). The van der Waals surface area contributed by atoms with Crippen LogP contribution in [0.15, 0.2) is 12.1 Å². The Morgan fingerprint density at radius 2 is 2.09 bits per heavy atom. The summed E-state index contributed by atoms with van der Waals surface area (Å²) in [6.45, 7) is 1.94. The minimum atomic E-state index is 0.731. The lowest BCUT2D eigenvalue weighted by molar-refractivity contribution is 1.41. The third kappa shape index (κ3) is 1.40. The molecule has 0 aromatic heterocycles. The molecule has 11 heavy (non-hydrogen) atoms. The van der Waals surface area contributed by atoms with Gasteiger partial charge in [0.1, 0.15) is 0 Å². The number of halogens is 1. The van der Waals surface area contributed by atoms with E-state index in [0.29, 0.717) is 0 Å². The Morgan fingerprint density at radius 3 is 2.55 bits per heavy atom. The maximum Gasteiger partial charge on any atom is 0.0615 e. The van der Waals surface area contributed by atoms with Crippen molar-refractivity contribution in [2.45, 2.75) is 6.92 Å². The van der Waals surface area contributed by atoms with E-state index in [4.69, 9.17) is 17.3 Å². The topological polar surface area (TPSA) is 38.0 Å². The monoisotopic (exact) mass is 170 g/mol. The first-order valence-corrected chi connectivity index (χ1v) is 3.77. The second-order valence-corrected chi connectivity index (χ2v) is 2.79. The van der Waals surface area contributed by atoms with Crippen molar-refractivity contribution in [3.63, 3.8) is 0 Å². The first-order valence-electron chi connectivity index (χ1n) is 3.39. The van der Waals surface area contributed by atoms with Crippen molar-refractivity contribution in [2.24, 2.45) is 0 Å². The molecular weight excluding hydrogens is 160 g/mol. The molecule has 0 aliphatic carbocycles. The SMILES string of the molecule is CNc1c(N)ccc(Cl)c1C. The molecule has 0 unspecified atom stereocenters. The summed E-state index contributed by atoms with van der Waals surface area (Å²) in [5, 5.41) is 3.73. The molecule has 60 valence electrons. The summed E-state index contributed by atoms with van der Waals surface area (Å²) in [4.78, 5) is 0. The third-order valence-electron chi connectivity index (χ3n) is 1.68. The molecule has 3 heteroatoms. The molecule has 3 N–H and O–H groups in total. The minimum Gasteiger partial charge on any atom is -0.397 e. The zero-order chi connectivity index (χ0) is 8.43. The largest absolute Gasteiger partial charge is 0.397 e. The van der Waals surface area contributed by atoms with Crippen LogP contribution in [0.5, 0.6) is 0 Å². The van der Waals surface area contributed by atoms with Crippen LogP contribution in [-0.4, -0.2) is 7.05 Å².